The Morgan fingerprint density at radius 2 is 0.609 bits per heavy atom. The molecule has 0 radical (unpaired) electrons. The van der Waals surface area contributed by atoms with Crippen LogP contribution in [0.25, 0.3) is 0 Å². The van der Waals surface area contributed by atoms with Crippen LogP contribution in [0, 0.1) is 0 Å². The third-order valence-corrected chi connectivity index (χ3v) is 15.4. The standard InChI is InChI=1S/2C8H18OSi2.Pt/c2*1-7-10(3,4)9-11(5,6)8-2;/h2*7-8H,1-2H2,3-6H3;/q;;+2. The first-order valence-electron chi connectivity index (χ1n) is 7.60. The minimum absolute atomic E-state index is 0. The summed E-state index contributed by atoms with van der Waals surface area (Å²) in [6.45, 7) is 32.3. The van der Waals surface area contributed by atoms with Crippen molar-refractivity contribution in [2.75, 3.05) is 0 Å². The molecule has 0 saturated heterocycles. The van der Waals surface area contributed by atoms with Gasteiger partial charge in [-0.15, -0.1) is 26.3 Å². The van der Waals surface area contributed by atoms with Gasteiger partial charge in [-0.05, 0) is 52.4 Å². The largest absolute Gasteiger partial charge is 2.00 e. The number of hydrogen-bond acceptors (Lipinski definition) is 2. The molecule has 0 rings (SSSR count). The van der Waals surface area contributed by atoms with Gasteiger partial charge in [-0.3, -0.25) is 0 Å². The second-order valence-corrected chi connectivity index (χ2v) is 23.5. The van der Waals surface area contributed by atoms with E-state index in [9.17, 15) is 0 Å². The van der Waals surface area contributed by atoms with Gasteiger partial charge in [0.05, 0.1) is 0 Å². The molecule has 0 aromatic heterocycles. The molecule has 0 unspecified atom stereocenters. The molecule has 136 valence electrons. The maximum Gasteiger partial charge on any atom is 2.00 e. The molecular formula is C16H36O2PtSi4+2. The zero-order valence-corrected chi connectivity index (χ0v) is 22.5. The molecule has 0 aliphatic carbocycles. The van der Waals surface area contributed by atoms with Gasteiger partial charge in [0.1, 0.15) is 0 Å². The minimum atomic E-state index is -1.58. The third kappa shape index (κ3) is 15.7. The summed E-state index contributed by atoms with van der Waals surface area (Å²) in [5.41, 5.74) is 7.85. The van der Waals surface area contributed by atoms with E-state index >= 15 is 0 Å². The zero-order chi connectivity index (χ0) is 18.2. The second-order valence-electron chi connectivity index (χ2n) is 7.43. The van der Waals surface area contributed by atoms with Gasteiger partial charge in [0.15, 0.2) is 33.3 Å². The fourth-order valence-corrected chi connectivity index (χ4v) is 13.7. The van der Waals surface area contributed by atoms with Crippen LogP contribution in [0.4, 0.5) is 0 Å². The molecule has 0 fully saturated rings. The molecule has 0 atom stereocenters. The van der Waals surface area contributed by atoms with Crippen LogP contribution in [0.2, 0.25) is 52.4 Å². The topological polar surface area (TPSA) is 18.5 Å². The average Bonchev–Trinajstić information content (AvgIpc) is 2.37. The first kappa shape index (κ1) is 28.2. The smallest absolute Gasteiger partial charge is 0.449 e. The summed E-state index contributed by atoms with van der Waals surface area (Å²) in [5, 5.41) is 0. The van der Waals surface area contributed by atoms with Crippen LogP contribution in [0.3, 0.4) is 0 Å². The summed E-state index contributed by atoms with van der Waals surface area (Å²) in [6.07, 6.45) is 0. The summed E-state index contributed by atoms with van der Waals surface area (Å²) in [4.78, 5) is 0. The van der Waals surface area contributed by atoms with E-state index in [0.29, 0.717) is 0 Å². The van der Waals surface area contributed by atoms with Crippen molar-refractivity contribution in [1.82, 2.24) is 0 Å². The SMILES string of the molecule is C=C[Si](C)(C)O[Si](C)(C)C=C.C=C[Si](C)(C)O[Si](C)(C)C=C.[Pt+2]. The molecule has 0 bridgehead atoms. The fraction of sp³-hybridized carbons (Fsp3) is 0.500. The van der Waals surface area contributed by atoms with Crippen LogP contribution in [-0.2, 0) is 29.3 Å². The Bertz CT molecular complexity index is 331. The molecule has 2 nitrogen and oxygen atoms in total. The van der Waals surface area contributed by atoms with Crippen molar-refractivity contribution in [2.45, 2.75) is 52.4 Å². The molecule has 0 aliphatic heterocycles. The Morgan fingerprint density at radius 3 is 0.696 bits per heavy atom. The molecule has 7 heteroatoms. The van der Waals surface area contributed by atoms with Gasteiger partial charge < -0.3 is 8.23 Å². The van der Waals surface area contributed by atoms with E-state index in [1.807, 2.05) is 22.8 Å². The summed E-state index contributed by atoms with van der Waals surface area (Å²) in [6, 6.07) is 0. The molecule has 23 heavy (non-hydrogen) atoms. The maximum absolute atomic E-state index is 5.97. The Hall–Kier alpha value is 0.436. The van der Waals surface area contributed by atoms with Crippen molar-refractivity contribution in [3.05, 3.63) is 49.1 Å². The Balaban J connectivity index is -0.000000333. The number of hydrogen-bond donors (Lipinski definition) is 0. The first-order chi connectivity index (χ1) is 9.66. The second kappa shape index (κ2) is 11.1. The fourth-order valence-electron chi connectivity index (χ4n) is 1.52. The van der Waals surface area contributed by atoms with Crippen LogP contribution in [0.1, 0.15) is 0 Å². The zero-order valence-electron chi connectivity index (χ0n) is 16.3. The van der Waals surface area contributed by atoms with Gasteiger partial charge in [0, 0.05) is 0 Å². The average molecular weight is 568 g/mol. The monoisotopic (exact) mass is 567 g/mol. The summed E-state index contributed by atoms with van der Waals surface area (Å²) in [7, 11) is -6.32. The summed E-state index contributed by atoms with van der Waals surface area (Å²) in [5.74, 6) is 0. The summed E-state index contributed by atoms with van der Waals surface area (Å²) < 4.78 is 11.9. The predicted octanol–water partition coefficient (Wildman–Crippen LogP) is 5.72. The Labute approximate surface area is 163 Å². The maximum atomic E-state index is 5.97. The van der Waals surface area contributed by atoms with E-state index in [4.69, 9.17) is 8.23 Å². The molecule has 0 aromatic rings. The van der Waals surface area contributed by atoms with Crippen molar-refractivity contribution >= 4 is 33.3 Å². The number of rotatable bonds is 8. The molecule has 0 spiro atoms. The van der Waals surface area contributed by atoms with Crippen LogP contribution >= 0.6 is 0 Å². The van der Waals surface area contributed by atoms with E-state index in [1.54, 1.807) is 0 Å². The van der Waals surface area contributed by atoms with E-state index in [1.165, 1.54) is 0 Å². The van der Waals surface area contributed by atoms with E-state index < -0.39 is 33.3 Å². The Morgan fingerprint density at radius 1 is 0.478 bits per heavy atom. The van der Waals surface area contributed by atoms with Crippen molar-refractivity contribution in [3.63, 3.8) is 0 Å². The van der Waals surface area contributed by atoms with Gasteiger partial charge >= 0.3 is 21.1 Å². The molecule has 0 heterocycles. The quantitative estimate of drug-likeness (QED) is 0.349. The van der Waals surface area contributed by atoms with Crippen LogP contribution in [0.15, 0.2) is 49.1 Å². The predicted molar refractivity (Wildman–Crippen MR) is 113 cm³/mol. The molecular weight excluding hydrogens is 532 g/mol. The van der Waals surface area contributed by atoms with Crippen molar-refractivity contribution < 1.29 is 29.3 Å². The van der Waals surface area contributed by atoms with Crippen molar-refractivity contribution in [1.29, 1.82) is 0 Å². The molecule has 0 saturated carbocycles. The van der Waals surface area contributed by atoms with Crippen LogP contribution < -0.4 is 0 Å². The van der Waals surface area contributed by atoms with Crippen molar-refractivity contribution in [3.8, 4) is 0 Å². The normalized spacial score (nSPS) is 12.2. The van der Waals surface area contributed by atoms with Crippen molar-refractivity contribution in [2.24, 2.45) is 0 Å². The van der Waals surface area contributed by atoms with Crippen LogP contribution in [0.5, 0.6) is 0 Å². The van der Waals surface area contributed by atoms with Gasteiger partial charge in [-0.25, -0.2) is 0 Å². The van der Waals surface area contributed by atoms with E-state index in [-0.39, 0.29) is 21.1 Å². The van der Waals surface area contributed by atoms with E-state index in [0.717, 1.165) is 0 Å². The molecule has 0 aliphatic rings. The van der Waals surface area contributed by atoms with Crippen LogP contribution in [-0.4, -0.2) is 33.3 Å². The van der Waals surface area contributed by atoms with E-state index in [2.05, 4.69) is 78.7 Å². The molecule has 0 amide bonds. The summed E-state index contributed by atoms with van der Waals surface area (Å²) >= 11 is 0. The third-order valence-electron chi connectivity index (χ3n) is 3.02. The van der Waals surface area contributed by atoms with Gasteiger partial charge in [0.2, 0.25) is 0 Å². The van der Waals surface area contributed by atoms with Gasteiger partial charge in [-0.2, -0.15) is 0 Å². The van der Waals surface area contributed by atoms with Gasteiger partial charge in [-0.1, -0.05) is 22.8 Å². The first-order valence-corrected chi connectivity index (χ1v) is 19.5. The van der Waals surface area contributed by atoms with Gasteiger partial charge in [0.25, 0.3) is 0 Å². The molecule has 0 N–H and O–H groups in total. The molecule has 0 aromatic carbocycles. The Kier molecular flexibility index (Phi) is 13.7. The minimum Gasteiger partial charge on any atom is -0.449 e.